The van der Waals surface area contributed by atoms with Crippen LogP contribution in [-0.4, -0.2) is 26.1 Å². The maximum Gasteiger partial charge on any atom is 0.246 e. The summed E-state index contributed by atoms with van der Waals surface area (Å²) in [5.41, 5.74) is 2.68. The second-order valence-electron chi connectivity index (χ2n) is 4.62. The second kappa shape index (κ2) is 6.49. The van der Waals surface area contributed by atoms with Gasteiger partial charge in [-0.3, -0.25) is 4.79 Å². The molecule has 0 fully saturated rings. The Balaban J connectivity index is 1.58. The third-order valence-corrected chi connectivity index (χ3v) is 2.93. The van der Waals surface area contributed by atoms with Gasteiger partial charge in [0.1, 0.15) is 12.9 Å². The van der Waals surface area contributed by atoms with Crippen molar-refractivity contribution < 1.29 is 4.79 Å². The van der Waals surface area contributed by atoms with Gasteiger partial charge in [0.05, 0.1) is 0 Å². The molecule has 1 amide bonds. The lowest BCUT2D eigenvalue weighted by Gasteiger charge is -2.08. The summed E-state index contributed by atoms with van der Waals surface area (Å²) in [4.78, 5) is 11.8. The van der Waals surface area contributed by atoms with Crippen molar-refractivity contribution in [2.75, 3.05) is 10.6 Å². The summed E-state index contributed by atoms with van der Waals surface area (Å²) in [5.74, 6) is -0.184. The number of rotatable bonds is 5. The minimum atomic E-state index is -0.184. The van der Waals surface area contributed by atoms with Gasteiger partial charge in [0.25, 0.3) is 0 Å². The monoisotopic (exact) mass is 294 g/mol. The normalized spacial score (nSPS) is 10.2. The number of carbonyl (C=O) groups is 1. The van der Waals surface area contributed by atoms with E-state index < -0.39 is 0 Å². The van der Waals surface area contributed by atoms with E-state index in [1.165, 1.54) is 11.0 Å². The summed E-state index contributed by atoms with van der Waals surface area (Å²) >= 11 is 0. The van der Waals surface area contributed by atoms with Crippen LogP contribution in [0.1, 0.15) is 0 Å². The van der Waals surface area contributed by atoms with Crippen LogP contribution in [0.15, 0.2) is 60.9 Å². The highest BCUT2D eigenvalue weighted by molar-refractivity contribution is 5.90. The molecule has 0 aliphatic rings. The van der Waals surface area contributed by atoms with E-state index >= 15 is 0 Å². The third kappa shape index (κ3) is 3.66. The van der Waals surface area contributed by atoms with E-state index in [2.05, 4.69) is 26.2 Å². The van der Waals surface area contributed by atoms with Crippen molar-refractivity contribution in [2.45, 2.75) is 6.54 Å². The molecule has 7 heteroatoms. The van der Waals surface area contributed by atoms with Crippen molar-refractivity contribution in [3.63, 3.8) is 0 Å². The van der Waals surface area contributed by atoms with E-state index in [0.29, 0.717) is 0 Å². The topological polar surface area (TPSA) is 84.7 Å². The van der Waals surface area contributed by atoms with Crippen molar-refractivity contribution in [1.29, 1.82) is 0 Å². The summed E-state index contributed by atoms with van der Waals surface area (Å²) in [6.07, 6.45) is 1.40. The lowest BCUT2D eigenvalue weighted by molar-refractivity contribution is -0.116. The number of amides is 1. The van der Waals surface area contributed by atoms with Crippen molar-refractivity contribution in [3.05, 3.63) is 60.9 Å². The average molecular weight is 294 g/mol. The van der Waals surface area contributed by atoms with Gasteiger partial charge in [-0.25, -0.2) is 4.68 Å². The van der Waals surface area contributed by atoms with Crippen LogP contribution in [0.3, 0.4) is 0 Å². The van der Waals surface area contributed by atoms with Crippen LogP contribution >= 0.6 is 0 Å². The molecule has 0 radical (unpaired) electrons. The molecule has 3 rings (SSSR count). The first-order valence-electron chi connectivity index (χ1n) is 6.72. The third-order valence-electron chi connectivity index (χ3n) is 2.93. The number of carbonyl (C=O) groups excluding carboxylic acids is 1. The highest BCUT2D eigenvalue weighted by Crippen LogP contribution is 2.18. The first kappa shape index (κ1) is 13.7. The van der Waals surface area contributed by atoms with E-state index in [9.17, 15) is 4.79 Å². The molecule has 0 atom stereocenters. The summed E-state index contributed by atoms with van der Waals surface area (Å²) in [7, 11) is 0. The van der Waals surface area contributed by atoms with E-state index in [1.54, 1.807) is 0 Å². The van der Waals surface area contributed by atoms with Crippen LogP contribution < -0.4 is 10.6 Å². The predicted octanol–water partition coefficient (Wildman–Crippen LogP) is 2.06. The highest BCUT2D eigenvalue weighted by atomic mass is 16.2. The maximum atomic E-state index is 11.8. The molecule has 0 spiro atoms. The Labute approximate surface area is 127 Å². The molecule has 1 heterocycles. The standard InChI is InChI=1S/C15H14N6O/c22-15(10-21-11-16-19-20-21)18-14-8-6-13(7-9-14)17-12-4-2-1-3-5-12/h1-9,11,17H,10H2,(H,18,22). The fourth-order valence-corrected chi connectivity index (χ4v) is 1.93. The SMILES string of the molecule is O=C(Cn1cnnn1)Nc1ccc(Nc2ccccc2)cc1. The average Bonchev–Trinajstić information content (AvgIpc) is 3.03. The molecule has 0 aliphatic heterocycles. The number of benzene rings is 2. The van der Waals surface area contributed by atoms with Gasteiger partial charge in [-0.1, -0.05) is 18.2 Å². The Morgan fingerprint density at radius 1 is 0.955 bits per heavy atom. The molecule has 2 aromatic carbocycles. The molecular weight excluding hydrogens is 280 g/mol. The smallest absolute Gasteiger partial charge is 0.246 e. The van der Waals surface area contributed by atoms with Crippen molar-refractivity contribution in [2.24, 2.45) is 0 Å². The van der Waals surface area contributed by atoms with Crippen molar-refractivity contribution >= 4 is 23.0 Å². The minimum Gasteiger partial charge on any atom is -0.356 e. The lowest BCUT2D eigenvalue weighted by atomic mass is 10.2. The summed E-state index contributed by atoms with van der Waals surface area (Å²) in [6, 6.07) is 17.4. The maximum absolute atomic E-state index is 11.8. The van der Waals surface area contributed by atoms with Crippen LogP contribution in [0.4, 0.5) is 17.1 Å². The fraction of sp³-hybridized carbons (Fsp3) is 0.0667. The van der Waals surface area contributed by atoms with Gasteiger partial charge in [-0.15, -0.1) is 5.10 Å². The number of nitrogens with zero attached hydrogens (tertiary/aromatic N) is 4. The first-order valence-corrected chi connectivity index (χ1v) is 6.72. The summed E-state index contributed by atoms with van der Waals surface area (Å²) < 4.78 is 1.36. The predicted molar refractivity (Wildman–Crippen MR) is 82.6 cm³/mol. The van der Waals surface area contributed by atoms with Gasteiger partial charge in [-0.2, -0.15) is 0 Å². The zero-order valence-electron chi connectivity index (χ0n) is 11.7. The van der Waals surface area contributed by atoms with Crippen LogP contribution in [0.5, 0.6) is 0 Å². The van der Waals surface area contributed by atoms with E-state index in [4.69, 9.17) is 0 Å². The zero-order chi connectivity index (χ0) is 15.2. The number of para-hydroxylation sites is 1. The molecule has 0 aliphatic carbocycles. The van der Waals surface area contributed by atoms with E-state index in [-0.39, 0.29) is 12.5 Å². The molecule has 7 nitrogen and oxygen atoms in total. The molecule has 1 aromatic heterocycles. The Bertz CT molecular complexity index is 724. The Morgan fingerprint density at radius 3 is 2.32 bits per heavy atom. The molecular formula is C15H14N6O. The largest absolute Gasteiger partial charge is 0.356 e. The van der Waals surface area contributed by atoms with Crippen LogP contribution in [0.25, 0.3) is 0 Å². The Hall–Kier alpha value is -3.22. The number of tetrazole rings is 1. The molecule has 2 N–H and O–H groups in total. The number of hydrogen-bond acceptors (Lipinski definition) is 5. The van der Waals surface area contributed by atoms with Gasteiger partial charge >= 0.3 is 0 Å². The molecule has 0 unspecified atom stereocenters. The molecule has 0 saturated heterocycles. The molecule has 22 heavy (non-hydrogen) atoms. The van der Waals surface area contributed by atoms with E-state index in [1.807, 2.05) is 54.6 Å². The van der Waals surface area contributed by atoms with Crippen LogP contribution in [0, 0.1) is 0 Å². The van der Waals surface area contributed by atoms with Gasteiger partial charge in [0.2, 0.25) is 5.91 Å². The fourth-order valence-electron chi connectivity index (χ4n) is 1.93. The number of anilines is 3. The molecule has 0 bridgehead atoms. The van der Waals surface area contributed by atoms with Gasteiger partial charge in [0, 0.05) is 17.1 Å². The van der Waals surface area contributed by atoms with Gasteiger partial charge in [0.15, 0.2) is 0 Å². The first-order chi connectivity index (χ1) is 10.8. The number of aromatic nitrogens is 4. The summed E-state index contributed by atoms with van der Waals surface area (Å²) in [5, 5.41) is 16.7. The number of nitrogens with one attached hydrogen (secondary N) is 2. The van der Waals surface area contributed by atoms with Crippen LogP contribution in [0.2, 0.25) is 0 Å². The molecule has 3 aromatic rings. The second-order valence-corrected chi connectivity index (χ2v) is 4.62. The minimum absolute atomic E-state index is 0.0804. The Kier molecular flexibility index (Phi) is 4.05. The molecule has 110 valence electrons. The van der Waals surface area contributed by atoms with Crippen molar-refractivity contribution in [3.8, 4) is 0 Å². The number of hydrogen-bond donors (Lipinski definition) is 2. The quantitative estimate of drug-likeness (QED) is 0.752. The zero-order valence-corrected chi connectivity index (χ0v) is 11.7. The molecule has 0 saturated carbocycles. The Morgan fingerprint density at radius 2 is 1.64 bits per heavy atom. The van der Waals surface area contributed by atoms with E-state index in [0.717, 1.165) is 17.1 Å². The van der Waals surface area contributed by atoms with Gasteiger partial charge in [-0.05, 0) is 46.8 Å². The highest BCUT2D eigenvalue weighted by Gasteiger charge is 2.04. The lowest BCUT2D eigenvalue weighted by Crippen LogP contribution is -2.19. The van der Waals surface area contributed by atoms with Crippen molar-refractivity contribution in [1.82, 2.24) is 20.2 Å². The van der Waals surface area contributed by atoms with Crippen LogP contribution in [-0.2, 0) is 11.3 Å². The van der Waals surface area contributed by atoms with Gasteiger partial charge < -0.3 is 10.6 Å². The summed E-state index contributed by atoms with van der Waals surface area (Å²) in [6.45, 7) is 0.0804.